The highest BCUT2D eigenvalue weighted by molar-refractivity contribution is 6.01. The van der Waals surface area contributed by atoms with Gasteiger partial charge in [-0.2, -0.15) is 8.78 Å². The molecule has 7 heteroatoms. The zero-order valence-corrected chi connectivity index (χ0v) is 12.5. The van der Waals surface area contributed by atoms with Crippen LogP contribution in [0.3, 0.4) is 0 Å². The van der Waals surface area contributed by atoms with Gasteiger partial charge < -0.3 is 19.2 Å². The van der Waals surface area contributed by atoms with Crippen molar-refractivity contribution in [3.8, 4) is 11.5 Å². The molecule has 0 aliphatic heterocycles. The zero-order chi connectivity index (χ0) is 16.8. The van der Waals surface area contributed by atoms with Crippen molar-refractivity contribution in [2.24, 2.45) is 0 Å². The van der Waals surface area contributed by atoms with E-state index in [4.69, 9.17) is 9.15 Å². The van der Waals surface area contributed by atoms with Crippen molar-refractivity contribution >= 4 is 17.7 Å². The number of carbonyl (C=O) groups is 1. The Morgan fingerprint density at radius 1 is 1.26 bits per heavy atom. The van der Waals surface area contributed by atoms with Crippen LogP contribution in [0.4, 0.5) is 14.5 Å². The first-order valence-electron chi connectivity index (χ1n) is 6.66. The maximum Gasteiger partial charge on any atom is 0.387 e. The molecule has 0 fully saturated rings. The van der Waals surface area contributed by atoms with E-state index in [1.807, 2.05) is 0 Å². The highest BCUT2D eigenvalue weighted by Gasteiger charge is 2.12. The van der Waals surface area contributed by atoms with E-state index in [1.165, 1.54) is 37.5 Å². The summed E-state index contributed by atoms with van der Waals surface area (Å²) in [6.07, 6.45) is 2.78. The standard InChI is InChI=1S/C16H15F2NO4/c1-10-3-5-12(22-10)6-8-15(20)19-11-4-7-13(21-2)14(9-11)23-16(17)18/h3-9,16H,1-2H3,(H,19,20)/b8-6+. The second-order valence-electron chi connectivity index (χ2n) is 4.52. The number of amides is 1. The first-order valence-corrected chi connectivity index (χ1v) is 6.66. The number of hydrogen-bond acceptors (Lipinski definition) is 4. The first-order chi connectivity index (χ1) is 11.0. The first kappa shape index (κ1) is 16.5. The van der Waals surface area contributed by atoms with E-state index in [2.05, 4.69) is 10.1 Å². The van der Waals surface area contributed by atoms with Gasteiger partial charge in [-0.05, 0) is 37.3 Å². The maximum absolute atomic E-state index is 12.4. The third-order valence-electron chi connectivity index (χ3n) is 2.81. The van der Waals surface area contributed by atoms with Crippen LogP contribution in [-0.2, 0) is 4.79 Å². The number of carbonyl (C=O) groups excluding carboxylic acids is 1. The van der Waals surface area contributed by atoms with Crippen molar-refractivity contribution in [2.75, 3.05) is 12.4 Å². The van der Waals surface area contributed by atoms with Crippen molar-refractivity contribution in [3.05, 3.63) is 47.9 Å². The predicted octanol–water partition coefficient (Wildman–Crippen LogP) is 3.85. The molecule has 0 aliphatic rings. The molecule has 1 aromatic carbocycles. The molecule has 0 unspecified atom stereocenters. The van der Waals surface area contributed by atoms with Gasteiger partial charge in [0.2, 0.25) is 5.91 Å². The van der Waals surface area contributed by atoms with Gasteiger partial charge in [0.05, 0.1) is 7.11 Å². The largest absolute Gasteiger partial charge is 0.493 e. The lowest BCUT2D eigenvalue weighted by Gasteiger charge is -2.11. The van der Waals surface area contributed by atoms with Gasteiger partial charge in [0, 0.05) is 17.8 Å². The molecule has 1 amide bonds. The average Bonchev–Trinajstić information content (AvgIpc) is 2.90. The van der Waals surface area contributed by atoms with Crippen LogP contribution in [0, 0.1) is 6.92 Å². The number of nitrogens with one attached hydrogen (secondary N) is 1. The van der Waals surface area contributed by atoms with Gasteiger partial charge in [0.25, 0.3) is 0 Å². The van der Waals surface area contributed by atoms with Gasteiger partial charge >= 0.3 is 6.61 Å². The van der Waals surface area contributed by atoms with Crippen molar-refractivity contribution in [3.63, 3.8) is 0 Å². The van der Waals surface area contributed by atoms with E-state index in [9.17, 15) is 13.6 Å². The minimum absolute atomic E-state index is 0.143. The molecule has 0 spiro atoms. The summed E-state index contributed by atoms with van der Waals surface area (Å²) in [5.74, 6) is 0.811. The third-order valence-corrected chi connectivity index (χ3v) is 2.81. The molecule has 0 radical (unpaired) electrons. The fourth-order valence-corrected chi connectivity index (χ4v) is 1.83. The normalized spacial score (nSPS) is 11.0. The minimum atomic E-state index is -2.99. The second kappa shape index (κ2) is 7.44. The summed E-state index contributed by atoms with van der Waals surface area (Å²) in [7, 11) is 1.33. The molecular weight excluding hydrogens is 308 g/mol. The second-order valence-corrected chi connectivity index (χ2v) is 4.52. The zero-order valence-electron chi connectivity index (χ0n) is 12.5. The van der Waals surface area contributed by atoms with Gasteiger partial charge in [0.15, 0.2) is 11.5 Å². The Hall–Kier alpha value is -2.83. The van der Waals surface area contributed by atoms with Crippen LogP contribution >= 0.6 is 0 Å². The number of furan rings is 1. The Morgan fingerprint density at radius 2 is 2.04 bits per heavy atom. The molecule has 1 N–H and O–H groups in total. The molecule has 1 heterocycles. The number of anilines is 1. The fraction of sp³-hybridized carbons (Fsp3) is 0.188. The van der Waals surface area contributed by atoms with E-state index >= 15 is 0 Å². The molecule has 122 valence electrons. The van der Waals surface area contributed by atoms with E-state index in [0.29, 0.717) is 11.4 Å². The monoisotopic (exact) mass is 323 g/mol. The molecule has 0 saturated carbocycles. The summed E-state index contributed by atoms with van der Waals surface area (Å²) < 4.78 is 39.3. The topological polar surface area (TPSA) is 60.7 Å². The average molecular weight is 323 g/mol. The molecule has 2 aromatic rings. The molecule has 0 aliphatic carbocycles. The Bertz CT molecular complexity index is 710. The van der Waals surface area contributed by atoms with Gasteiger partial charge in [0.1, 0.15) is 11.5 Å². The summed E-state index contributed by atoms with van der Waals surface area (Å²) in [4.78, 5) is 11.8. The lowest BCUT2D eigenvalue weighted by molar-refractivity contribution is -0.111. The Morgan fingerprint density at radius 3 is 2.65 bits per heavy atom. The number of rotatable bonds is 6. The van der Waals surface area contributed by atoms with Crippen LogP contribution in [0.15, 0.2) is 40.8 Å². The van der Waals surface area contributed by atoms with Gasteiger partial charge in [-0.3, -0.25) is 4.79 Å². The van der Waals surface area contributed by atoms with Crippen molar-refractivity contribution < 1.29 is 27.5 Å². The van der Waals surface area contributed by atoms with Crippen molar-refractivity contribution in [1.82, 2.24) is 0 Å². The molecule has 0 saturated heterocycles. The summed E-state index contributed by atoms with van der Waals surface area (Å²) in [6.45, 7) is -1.20. The van der Waals surface area contributed by atoms with Crippen LogP contribution < -0.4 is 14.8 Å². The van der Waals surface area contributed by atoms with Crippen LogP contribution in [0.25, 0.3) is 6.08 Å². The lowest BCUT2D eigenvalue weighted by Crippen LogP contribution is -2.09. The molecule has 1 aromatic heterocycles. The summed E-state index contributed by atoms with van der Waals surface area (Å²) >= 11 is 0. The Labute approximate surface area is 131 Å². The predicted molar refractivity (Wildman–Crippen MR) is 80.7 cm³/mol. The number of methoxy groups -OCH3 is 1. The van der Waals surface area contributed by atoms with Crippen LogP contribution in [0.1, 0.15) is 11.5 Å². The molecule has 0 bridgehead atoms. The Balaban J connectivity index is 2.06. The minimum Gasteiger partial charge on any atom is -0.493 e. The van der Waals surface area contributed by atoms with E-state index in [-0.39, 0.29) is 11.5 Å². The molecule has 5 nitrogen and oxygen atoms in total. The van der Waals surface area contributed by atoms with Gasteiger partial charge in [-0.1, -0.05) is 0 Å². The van der Waals surface area contributed by atoms with Crippen LogP contribution in [0.2, 0.25) is 0 Å². The van der Waals surface area contributed by atoms with E-state index in [0.717, 1.165) is 5.76 Å². The molecule has 2 rings (SSSR count). The highest BCUT2D eigenvalue weighted by Crippen LogP contribution is 2.31. The van der Waals surface area contributed by atoms with Crippen LogP contribution in [-0.4, -0.2) is 19.6 Å². The quantitative estimate of drug-likeness (QED) is 0.820. The fourth-order valence-electron chi connectivity index (χ4n) is 1.83. The Kier molecular flexibility index (Phi) is 5.35. The highest BCUT2D eigenvalue weighted by atomic mass is 19.3. The number of alkyl halides is 2. The number of ether oxygens (including phenoxy) is 2. The van der Waals surface area contributed by atoms with Gasteiger partial charge in [-0.25, -0.2) is 0 Å². The van der Waals surface area contributed by atoms with Gasteiger partial charge in [-0.15, -0.1) is 0 Å². The van der Waals surface area contributed by atoms with Crippen LogP contribution in [0.5, 0.6) is 11.5 Å². The number of hydrogen-bond donors (Lipinski definition) is 1. The number of halogens is 2. The number of aryl methyl sites for hydroxylation is 1. The molecule has 23 heavy (non-hydrogen) atoms. The smallest absolute Gasteiger partial charge is 0.387 e. The third kappa shape index (κ3) is 4.84. The maximum atomic E-state index is 12.4. The summed E-state index contributed by atoms with van der Waals surface area (Å²) in [5.41, 5.74) is 0.298. The summed E-state index contributed by atoms with van der Waals surface area (Å²) in [6, 6.07) is 7.69. The lowest BCUT2D eigenvalue weighted by atomic mass is 10.2. The molecule has 0 atom stereocenters. The van der Waals surface area contributed by atoms with Crippen molar-refractivity contribution in [1.29, 1.82) is 0 Å². The van der Waals surface area contributed by atoms with E-state index in [1.54, 1.807) is 19.1 Å². The summed E-state index contributed by atoms with van der Waals surface area (Å²) in [5, 5.41) is 2.54. The SMILES string of the molecule is COc1ccc(NC(=O)/C=C/c2ccc(C)o2)cc1OC(F)F. The molecular formula is C16H15F2NO4. The van der Waals surface area contributed by atoms with E-state index < -0.39 is 12.5 Å². The van der Waals surface area contributed by atoms with Crippen molar-refractivity contribution in [2.45, 2.75) is 13.5 Å². The number of benzene rings is 1.